The number of rotatable bonds is 6. The molecular weight excluding hydrogens is 392 g/mol. The van der Waals surface area contributed by atoms with E-state index in [0.29, 0.717) is 35.7 Å². The van der Waals surface area contributed by atoms with Gasteiger partial charge in [-0.05, 0) is 54.4 Å². The Bertz CT molecular complexity index is 1140. The van der Waals surface area contributed by atoms with Crippen LogP contribution >= 0.6 is 0 Å². The molecule has 0 spiro atoms. The van der Waals surface area contributed by atoms with Crippen molar-refractivity contribution in [1.29, 1.82) is 0 Å². The number of para-hydroxylation sites is 1. The fourth-order valence-corrected chi connectivity index (χ4v) is 3.82. The van der Waals surface area contributed by atoms with E-state index in [1.54, 1.807) is 30.2 Å². The van der Waals surface area contributed by atoms with Crippen LogP contribution in [0, 0.1) is 6.92 Å². The lowest BCUT2D eigenvalue weighted by Gasteiger charge is -2.18. The Morgan fingerprint density at radius 1 is 1.00 bits per heavy atom. The van der Waals surface area contributed by atoms with Gasteiger partial charge in [-0.25, -0.2) is 0 Å². The number of methoxy groups -OCH3 is 1. The Morgan fingerprint density at radius 2 is 1.81 bits per heavy atom. The van der Waals surface area contributed by atoms with Crippen LogP contribution < -0.4 is 20.1 Å². The first-order chi connectivity index (χ1) is 15.0. The zero-order chi connectivity index (χ0) is 22.0. The van der Waals surface area contributed by atoms with Crippen LogP contribution in [0.15, 0.2) is 66.7 Å². The minimum absolute atomic E-state index is 0.00353. The van der Waals surface area contributed by atoms with Crippen molar-refractivity contribution in [2.45, 2.75) is 19.3 Å². The summed E-state index contributed by atoms with van der Waals surface area (Å²) in [7, 11) is 1.60. The standard InChI is InChI=1S/C25H24N2O4/c1-16-6-3-4-9-21(16)31-23-13-17(10-11-22(23)30-2)19-14-24(28)27(15-19)20-8-5-7-18(12-20)25(26)29/h3-13,19H,14-15H2,1-2H3,(H2,26,29). The second-order valence-corrected chi connectivity index (χ2v) is 7.60. The van der Waals surface area contributed by atoms with Crippen LogP contribution in [0.2, 0.25) is 0 Å². The molecule has 6 heteroatoms. The third kappa shape index (κ3) is 4.23. The van der Waals surface area contributed by atoms with Crippen molar-refractivity contribution in [1.82, 2.24) is 0 Å². The summed E-state index contributed by atoms with van der Waals surface area (Å²) in [5.74, 6) is 1.47. The number of primary amides is 1. The van der Waals surface area contributed by atoms with Gasteiger partial charge in [0.2, 0.25) is 11.8 Å². The van der Waals surface area contributed by atoms with Gasteiger partial charge in [-0.1, -0.05) is 30.3 Å². The number of anilines is 1. The van der Waals surface area contributed by atoms with Gasteiger partial charge >= 0.3 is 0 Å². The van der Waals surface area contributed by atoms with Crippen molar-refractivity contribution >= 4 is 17.5 Å². The molecule has 0 saturated carbocycles. The second kappa shape index (κ2) is 8.52. The number of carbonyl (C=O) groups is 2. The molecule has 1 heterocycles. The van der Waals surface area contributed by atoms with Crippen LogP contribution in [0.5, 0.6) is 17.2 Å². The van der Waals surface area contributed by atoms with Crippen molar-refractivity contribution in [2.24, 2.45) is 5.73 Å². The first-order valence-corrected chi connectivity index (χ1v) is 10.1. The lowest BCUT2D eigenvalue weighted by molar-refractivity contribution is -0.117. The predicted octanol–water partition coefficient (Wildman–Crippen LogP) is 4.42. The molecule has 158 valence electrons. The lowest BCUT2D eigenvalue weighted by Crippen LogP contribution is -2.24. The Labute approximate surface area is 181 Å². The van der Waals surface area contributed by atoms with Gasteiger partial charge in [-0.15, -0.1) is 0 Å². The van der Waals surface area contributed by atoms with Gasteiger partial charge in [0.05, 0.1) is 7.11 Å². The van der Waals surface area contributed by atoms with Crippen molar-refractivity contribution in [3.8, 4) is 17.2 Å². The molecule has 3 aromatic rings. The molecule has 1 unspecified atom stereocenters. The SMILES string of the molecule is COc1ccc(C2CC(=O)N(c3cccc(C(N)=O)c3)C2)cc1Oc1ccccc1C. The fourth-order valence-electron chi connectivity index (χ4n) is 3.82. The summed E-state index contributed by atoms with van der Waals surface area (Å²) in [5.41, 5.74) is 8.45. The summed E-state index contributed by atoms with van der Waals surface area (Å²) in [4.78, 5) is 25.9. The Morgan fingerprint density at radius 3 is 2.55 bits per heavy atom. The van der Waals surface area contributed by atoms with Gasteiger partial charge in [0.25, 0.3) is 0 Å². The molecule has 2 N–H and O–H groups in total. The minimum atomic E-state index is -0.516. The molecule has 0 aliphatic carbocycles. The number of nitrogens with zero attached hydrogens (tertiary/aromatic N) is 1. The number of carbonyl (C=O) groups excluding carboxylic acids is 2. The average molecular weight is 416 g/mol. The van der Waals surface area contributed by atoms with E-state index >= 15 is 0 Å². The van der Waals surface area contributed by atoms with Gasteiger partial charge in [0, 0.05) is 30.1 Å². The first kappa shape index (κ1) is 20.5. The maximum absolute atomic E-state index is 12.7. The lowest BCUT2D eigenvalue weighted by atomic mass is 9.98. The highest BCUT2D eigenvalue weighted by molar-refractivity contribution is 5.99. The largest absolute Gasteiger partial charge is 0.493 e. The van der Waals surface area contributed by atoms with Crippen molar-refractivity contribution < 1.29 is 19.1 Å². The molecule has 1 atom stereocenters. The highest BCUT2D eigenvalue weighted by Gasteiger charge is 2.32. The summed E-state index contributed by atoms with van der Waals surface area (Å²) in [6.07, 6.45) is 0.372. The number of amides is 2. The zero-order valence-electron chi connectivity index (χ0n) is 17.5. The number of hydrogen-bond donors (Lipinski definition) is 1. The van der Waals surface area contributed by atoms with Crippen molar-refractivity contribution in [2.75, 3.05) is 18.6 Å². The topological polar surface area (TPSA) is 81.9 Å². The third-order valence-corrected chi connectivity index (χ3v) is 5.54. The molecule has 31 heavy (non-hydrogen) atoms. The Balaban J connectivity index is 1.60. The van der Waals surface area contributed by atoms with Crippen LogP contribution in [-0.2, 0) is 4.79 Å². The summed E-state index contributed by atoms with van der Waals surface area (Å²) < 4.78 is 11.6. The first-order valence-electron chi connectivity index (χ1n) is 10.1. The van der Waals surface area contributed by atoms with Crippen LogP contribution in [0.1, 0.15) is 33.8 Å². The van der Waals surface area contributed by atoms with Gasteiger partial charge in [0.1, 0.15) is 5.75 Å². The highest BCUT2D eigenvalue weighted by atomic mass is 16.5. The fraction of sp³-hybridized carbons (Fsp3) is 0.200. The molecule has 0 aromatic heterocycles. The molecule has 1 saturated heterocycles. The van der Waals surface area contributed by atoms with E-state index in [9.17, 15) is 9.59 Å². The van der Waals surface area contributed by atoms with Crippen molar-refractivity contribution in [3.05, 3.63) is 83.4 Å². The number of hydrogen-bond acceptors (Lipinski definition) is 4. The normalized spacial score (nSPS) is 15.7. The number of ether oxygens (including phenoxy) is 2. The maximum Gasteiger partial charge on any atom is 0.248 e. The summed E-state index contributed by atoms with van der Waals surface area (Å²) in [6, 6.07) is 20.4. The quantitative estimate of drug-likeness (QED) is 0.645. The predicted molar refractivity (Wildman–Crippen MR) is 119 cm³/mol. The number of benzene rings is 3. The van der Waals surface area contributed by atoms with E-state index < -0.39 is 5.91 Å². The van der Waals surface area contributed by atoms with Gasteiger partial charge in [0.15, 0.2) is 11.5 Å². The van der Waals surface area contributed by atoms with Crippen LogP contribution in [-0.4, -0.2) is 25.5 Å². The molecule has 1 aliphatic rings. The van der Waals surface area contributed by atoms with Gasteiger partial charge in [-0.3, -0.25) is 9.59 Å². The molecule has 2 amide bonds. The highest BCUT2D eigenvalue weighted by Crippen LogP contribution is 2.38. The summed E-state index contributed by atoms with van der Waals surface area (Å²) in [6.45, 7) is 2.50. The van der Waals surface area contributed by atoms with E-state index in [0.717, 1.165) is 16.9 Å². The molecular formula is C25H24N2O4. The summed E-state index contributed by atoms with van der Waals surface area (Å²) in [5, 5.41) is 0. The van der Waals surface area contributed by atoms with E-state index in [-0.39, 0.29) is 11.8 Å². The minimum Gasteiger partial charge on any atom is -0.493 e. The molecule has 6 nitrogen and oxygen atoms in total. The van der Waals surface area contributed by atoms with Crippen molar-refractivity contribution in [3.63, 3.8) is 0 Å². The van der Waals surface area contributed by atoms with E-state index in [4.69, 9.17) is 15.2 Å². The molecule has 3 aromatic carbocycles. The molecule has 1 fully saturated rings. The van der Waals surface area contributed by atoms with Gasteiger partial charge < -0.3 is 20.1 Å². The molecule has 1 aliphatic heterocycles. The van der Waals surface area contributed by atoms with Crippen LogP contribution in [0.25, 0.3) is 0 Å². The molecule has 0 bridgehead atoms. The Hall–Kier alpha value is -3.80. The molecule has 4 rings (SSSR count). The van der Waals surface area contributed by atoms with Gasteiger partial charge in [-0.2, -0.15) is 0 Å². The number of aryl methyl sites for hydroxylation is 1. The Kier molecular flexibility index (Phi) is 5.62. The average Bonchev–Trinajstić information content (AvgIpc) is 3.17. The van der Waals surface area contributed by atoms with E-state index in [2.05, 4.69) is 0 Å². The monoisotopic (exact) mass is 416 g/mol. The smallest absolute Gasteiger partial charge is 0.248 e. The van der Waals surface area contributed by atoms with Crippen LogP contribution in [0.3, 0.4) is 0 Å². The third-order valence-electron chi connectivity index (χ3n) is 5.54. The molecule has 0 radical (unpaired) electrons. The maximum atomic E-state index is 12.7. The summed E-state index contributed by atoms with van der Waals surface area (Å²) >= 11 is 0. The number of nitrogens with two attached hydrogens (primary N) is 1. The second-order valence-electron chi connectivity index (χ2n) is 7.60. The zero-order valence-corrected chi connectivity index (χ0v) is 17.5. The van der Waals surface area contributed by atoms with Crippen LogP contribution in [0.4, 0.5) is 5.69 Å². The van der Waals surface area contributed by atoms with E-state index in [1.165, 1.54) is 0 Å². The van der Waals surface area contributed by atoms with E-state index in [1.807, 2.05) is 55.5 Å².